The van der Waals surface area contributed by atoms with Crippen LogP contribution in [0.15, 0.2) is 76.3 Å². The summed E-state index contributed by atoms with van der Waals surface area (Å²) in [5.41, 5.74) is 2.18. The van der Waals surface area contributed by atoms with E-state index in [0.29, 0.717) is 47.9 Å². The molecule has 0 N–H and O–H groups in total. The Bertz CT molecular complexity index is 1540. The van der Waals surface area contributed by atoms with E-state index in [1.54, 1.807) is 12.3 Å². The molecule has 37 heavy (non-hydrogen) atoms. The molecule has 10 heteroatoms. The van der Waals surface area contributed by atoms with Gasteiger partial charge in [-0.3, -0.25) is 4.79 Å². The van der Waals surface area contributed by atoms with Crippen molar-refractivity contribution in [2.45, 2.75) is 33.3 Å². The number of aryl methyl sites for hydroxylation is 1. The molecule has 0 atom stereocenters. The van der Waals surface area contributed by atoms with Crippen LogP contribution in [-0.2, 0) is 13.0 Å². The van der Waals surface area contributed by atoms with Gasteiger partial charge in [-0.25, -0.2) is 4.98 Å². The summed E-state index contributed by atoms with van der Waals surface area (Å²) in [5.74, 6) is 1.79. The zero-order valence-corrected chi connectivity index (χ0v) is 26.4. The Morgan fingerprint density at radius 3 is 2.38 bits per heavy atom. The maximum absolute atomic E-state index is 13.3. The van der Waals surface area contributed by atoms with Crippen molar-refractivity contribution in [1.82, 2.24) is 9.66 Å². The van der Waals surface area contributed by atoms with E-state index in [0.717, 1.165) is 35.4 Å². The van der Waals surface area contributed by atoms with Crippen LogP contribution in [-0.4, -0.2) is 22.5 Å². The van der Waals surface area contributed by atoms with E-state index in [-0.39, 0.29) is 5.56 Å². The minimum absolute atomic E-state index is 0.216. The van der Waals surface area contributed by atoms with E-state index in [9.17, 15) is 4.79 Å². The topological polar surface area (TPSA) is 65.7 Å². The molecule has 0 fully saturated rings. The van der Waals surface area contributed by atoms with E-state index >= 15 is 0 Å². The number of nitrogens with zero attached hydrogens (tertiary/aromatic N) is 3. The van der Waals surface area contributed by atoms with Crippen molar-refractivity contribution in [3.63, 3.8) is 0 Å². The van der Waals surface area contributed by atoms with Crippen LogP contribution < -0.4 is 15.0 Å². The fraction of sp³-hybridized carbons (Fsp3) is 0.222. The average Bonchev–Trinajstić information content (AvgIpc) is 2.86. The second-order valence-corrected chi connectivity index (χ2v) is 11.6. The van der Waals surface area contributed by atoms with Crippen molar-refractivity contribution in [3.8, 4) is 11.5 Å². The Labute approximate surface area is 248 Å². The Balaban J connectivity index is 1.69. The molecular formula is C27H23Br4N3O3. The van der Waals surface area contributed by atoms with Gasteiger partial charge < -0.3 is 9.47 Å². The number of benzene rings is 3. The molecule has 6 nitrogen and oxygen atoms in total. The van der Waals surface area contributed by atoms with E-state index in [1.165, 1.54) is 4.68 Å². The van der Waals surface area contributed by atoms with Crippen LogP contribution in [0.5, 0.6) is 11.5 Å². The number of ether oxygens (including phenoxy) is 2. The number of fused-ring (bicyclic) bond motifs is 1. The van der Waals surface area contributed by atoms with Crippen molar-refractivity contribution in [2.75, 3.05) is 6.61 Å². The van der Waals surface area contributed by atoms with Crippen molar-refractivity contribution < 1.29 is 9.47 Å². The normalized spacial score (nSPS) is 11.4. The number of rotatable bonds is 9. The third-order valence-electron chi connectivity index (χ3n) is 5.42. The SMILES string of the molecule is CCCc1nc2ccc(Br)cc2c(=O)n1N=Cc1cc(OCC)c(OCc2ccc(Br)cc2Br)cc1Br. The van der Waals surface area contributed by atoms with Gasteiger partial charge in [0, 0.05) is 35.4 Å². The number of hydrogen-bond donors (Lipinski definition) is 0. The minimum Gasteiger partial charge on any atom is -0.490 e. The molecule has 0 spiro atoms. The van der Waals surface area contributed by atoms with Crippen LogP contribution in [0.25, 0.3) is 10.9 Å². The van der Waals surface area contributed by atoms with Gasteiger partial charge in [0.1, 0.15) is 12.4 Å². The molecule has 0 amide bonds. The minimum atomic E-state index is -0.216. The maximum Gasteiger partial charge on any atom is 0.282 e. The van der Waals surface area contributed by atoms with Crippen LogP contribution in [0.2, 0.25) is 0 Å². The third kappa shape index (κ3) is 6.71. The Kier molecular flexibility index (Phi) is 9.61. The molecular weight excluding hydrogens is 734 g/mol. The molecule has 1 heterocycles. The fourth-order valence-corrected chi connectivity index (χ4v) is 5.59. The molecule has 0 saturated carbocycles. The summed E-state index contributed by atoms with van der Waals surface area (Å²) in [7, 11) is 0. The van der Waals surface area contributed by atoms with Crippen molar-refractivity contribution in [1.29, 1.82) is 0 Å². The van der Waals surface area contributed by atoms with Crippen molar-refractivity contribution >= 4 is 80.8 Å². The zero-order valence-electron chi connectivity index (χ0n) is 20.1. The molecule has 0 saturated heterocycles. The standard InChI is InChI=1S/C27H23Br4N3O3/c1-3-5-26-33-23-9-8-18(28)11-20(23)27(35)34(26)32-14-17-10-24(36-4-2)25(13-22(17)31)37-15-16-6-7-19(29)12-21(16)30/h6-14H,3-5,15H2,1-2H3. The van der Waals surface area contributed by atoms with Gasteiger partial charge in [-0.2, -0.15) is 9.78 Å². The summed E-state index contributed by atoms with van der Waals surface area (Å²) in [6.07, 6.45) is 3.10. The summed E-state index contributed by atoms with van der Waals surface area (Å²) in [5, 5.41) is 5.05. The highest BCUT2D eigenvalue weighted by atomic mass is 79.9. The molecule has 0 radical (unpaired) electrons. The molecule has 192 valence electrons. The summed E-state index contributed by atoms with van der Waals surface area (Å²) in [4.78, 5) is 18.0. The third-order valence-corrected chi connectivity index (χ3v) is 7.83. The molecule has 0 unspecified atom stereocenters. The lowest BCUT2D eigenvalue weighted by Gasteiger charge is -2.15. The molecule has 3 aromatic carbocycles. The van der Waals surface area contributed by atoms with Crippen molar-refractivity contribution in [2.24, 2.45) is 5.10 Å². The summed E-state index contributed by atoms with van der Waals surface area (Å²) in [6.45, 7) is 4.80. The number of aromatic nitrogens is 2. The Hall–Kier alpha value is -2.01. The molecule has 4 rings (SSSR count). The first-order valence-electron chi connectivity index (χ1n) is 11.6. The largest absolute Gasteiger partial charge is 0.490 e. The van der Waals surface area contributed by atoms with Gasteiger partial charge in [0.25, 0.3) is 5.56 Å². The lowest BCUT2D eigenvalue weighted by atomic mass is 10.2. The Morgan fingerprint density at radius 2 is 1.65 bits per heavy atom. The fourth-order valence-electron chi connectivity index (χ4n) is 3.64. The van der Waals surface area contributed by atoms with Gasteiger partial charge in [-0.05, 0) is 71.7 Å². The first kappa shape index (κ1) is 28.0. The van der Waals surface area contributed by atoms with Crippen LogP contribution in [0.3, 0.4) is 0 Å². The predicted octanol–water partition coefficient (Wildman–Crippen LogP) is 8.26. The Morgan fingerprint density at radius 1 is 0.919 bits per heavy atom. The highest BCUT2D eigenvalue weighted by Gasteiger charge is 2.14. The van der Waals surface area contributed by atoms with Gasteiger partial charge >= 0.3 is 0 Å². The summed E-state index contributed by atoms with van der Waals surface area (Å²) < 4.78 is 16.9. The van der Waals surface area contributed by atoms with Gasteiger partial charge in [-0.1, -0.05) is 60.8 Å². The van der Waals surface area contributed by atoms with E-state index in [4.69, 9.17) is 14.5 Å². The highest BCUT2D eigenvalue weighted by molar-refractivity contribution is 9.11. The van der Waals surface area contributed by atoms with Gasteiger partial charge in [-0.15, -0.1) is 0 Å². The number of hydrogen-bond acceptors (Lipinski definition) is 5. The summed E-state index contributed by atoms with van der Waals surface area (Å²) >= 11 is 14.1. The highest BCUT2D eigenvalue weighted by Crippen LogP contribution is 2.34. The lowest BCUT2D eigenvalue weighted by molar-refractivity contribution is 0.268. The van der Waals surface area contributed by atoms with E-state index in [1.807, 2.05) is 56.3 Å². The monoisotopic (exact) mass is 753 g/mol. The van der Waals surface area contributed by atoms with Gasteiger partial charge in [0.05, 0.1) is 23.7 Å². The molecule has 0 aliphatic rings. The first-order chi connectivity index (χ1) is 17.8. The van der Waals surface area contributed by atoms with Crippen LogP contribution in [0.1, 0.15) is 37.2 Å². The van der Waals surface area contributed by atoms with E-state index in [2.05, 4.69) is 68.8 Å². The predicted molar refractivity (Wildman–Crippen MR) is 162 cm³/mol. The van der Waals surface area contributed by atoms with Gasteiger partial charge in [0.2, 0.25) is 0 Å². The van der Waals surface area contributed by atoms with Crippen LogP contribution >= 0.6 is 63.7 Å². The molecule has 0 aliphatic carbocycles. The van der Waals surface area contributed by atoms with Gasteiger partial charge in [0.15, 0.2) is 11.5 Å². The second kappa shape index (κ2) is 12.7. The quantitative estimate of drug-likeness (QED) is 0.162. The smallest absolute Gasteiger partial charge is 0.282 e. The average molecular weight is 757 g/mol. The molecule has 4 aromatic rings. The van der Waals surface area contributed by atoms with Crippen LogP contribution in [0, 0.1) is 0 Å². The lowest BCUT2D eigenvalue weighted by Crippen LogP contribution is -2.22. The maximum atomic E-state index is 13.3. The zero-order chi connectivity index (χ0) is 26.5. The van der Waals surface area contributed by atoms with E-state index < -0.39 is 0 Å². The van der Waals surface area contributed by atoms with Crippen molar-refractivity contribution in [3.05, 3.63) is 93.7 Å². The molecule has 1 aromatic heterocycles. The first-order valence-corrected chi connectivity index (χ1v) is 14.8. The number of halogens is 4. The molecule has 0 bridgehead atoms. The molecule has 0 aliphatic heterocycles. The summed E-state index contributed by atoms with van der Waals surface area (Å²) in [6, 6.07) is 15.1. The second-order valence-electron chi connectivity index (χ2n) is 8.08. The van der Waals surface area contributed by atoms with Crippen LogP contribution in [0.4, 0.5) is 0 Å².